The van der Waals surface area contributed by atoms with Crippen molar-refractivity contribution in [3.8, 4) is 0 Å². The van der Waals surface area contributed by atoms with Crippen LogP contribution in [0.3, 0.4) is 0 Å². The first-order valence-electron chi connectivity index (χ1n) is 8.76. The van der Waals surface area contributed by atoms with E-state index in [-0.39, 0.29) is 5.91 Å². The Labute approximate surface area is 163 Å². The summed E-state index contributed by atoms with van der Waals surface area (Å²) in [6.45, 7) is 4.10. The summed E-state index contributed by atoms with van der Waals surface area (Å²) in [7, 11) is 1.31. The van der Waals surface area contributed by atoms with Crippen molar-refractivity contribution in [2.45, 2.75) is 13.8 Å². The van der Waals surface area contributed by atoms with E-state index in [2.05, 4.69) is 22.5 Å². The number of rotatable bonds is 5. The molecule has 28 heavy (non-hydrogen) atoms. The number of nitrogens with one attached hydrogen (secondary N) is 2. The van der Waals surface area contributed by atoms with Crippen LogP contribution in [0.4, 0.5) is 17.2 Å². The minimum Gasteiger partial charge on any atom is -0.465 e. The fraction of sp³-hybridized carbons (Fsp3) is 0.136. The van der Waals surface area contributed by atoms with Crippen molar-refractivity contribution in [3.63, 3.8) is 0 Å². The number of anilines is 3. The molecule has 6 heteroatoms. The lowest BCUT2D eigenvalue weighted by Crippen LogP contribution is -2.13. The van der Waals surface area contributed by atoms with E-state index in [4.69, 9.17) is 4.74 Å². The molecule has 0 saturated carbocycles. The predicted octanol–water partition coefficient (Wildman–Crippen LogP) is 4.48. The molecule has 0 fully saturated rings. The highest BCUT2D eigenvalue weighted by atomic mass is 16.5. The van der Waals surface area contributed by atoms with Crippen molar-refractivity contribution >= 4 is 29.1 Å². The lowest BCUT2D eigenvalue weighted by Gasteiger charge is -2.10. The number of ether oxygens (including phenoxy) is 1. The Morgan fingerprint density at radius 3 is 2.46 bits per heavy atom. The zero-order valence-corrected chi connectivity index (χ0v) is 15.9. The molecule has 142 valence electrons. The van der Waals surface area contributed by atoms with Gasteiger partial charge in [0.2, 0.25) is 0 Å². The van der Waals surface area contributed by atoms with Crippen LogP contribution in [0.15, 0.2) is 60.8 Å². The summed E-state index contributed by atoms with van der Waals surface area (Å²) in [4.78, 5) is 28.5. The number of hydrogen-bond donors (Lipinski definition) is 2. The van der Waals surface area contributed by atoms with Gasteiger partial charge in [0.1, 0.15) is 5.82 Å². The molecule has 0 saturated heterocycles. The van der Waals surface area contributed by atoms with E-state index < -0.39 is 5.97 Å². The minimum atomic E-state index is -0.458. The van der Waals surface area contributed by atoms with E-state index in [1.807, 2.05) is 25.1 Å². The summed E-state index contributed by atoms with van der Waals surface area (Å²) in [5.74, 6) is -0.188. The number of esters is 1. The number of amides is 1. The maximum atomic E-state index is 12.6. The van der Waals surface area contributed by atoms with Crippen molar-refractivity contribution in [3.05, 3.63) is 83.0 Å². The van der Waals surface area contributed by atoms with Crippen LogP contribution in [0.25, 0.3) is 0 Å². The summed E-state index contributed by atoms with van der Waals surface area (Å²) >= 11 is 0. The molecule has 0 radical (unpaired) electrons. The molecule has 0 bridgehead atoms. The molecule has 0 atom stereocenters. The Balaban J connectivity index is 1.75. The molecule has 1 aromatic heterocycles. The molecule has 6 nitrogen and oxygen atoms in total. The Morgan fingerprint density at radius 2 is 1.71 bits per heavy atom. The molecule has 1 heterocycles. The molecule has 3 aromatic rings. The summed E-state index contributed by atoms with van der Waals surface area (Å²) in [6, 6.07) is 15.9. The van der Waals surface area contributed by atoms with Crippen LogP contribution >= 0.6 is 0 Å². The first kappa shape index (κ1) is 19.1. The lowest BCUT2D eigenvalue weighted by molar-refractivity contribution is 0.0600. The van der Waals surface area contributed by atoms with Gasteiger partial charge in [0.05, 0.1) is 12.7 Å². The number of nitrogens with zero attached hydrogens (tertiary/aromatic N) is 1. The second kappa shape index (κ2) is 8.35. The summed E-state index contributed by atoms with van der Waals surface area (Å²) in [5, 5.41) is 5.99. The van der Waals surface area contributed by atoms with Crippen molar-refractivity contribution in [1.29, 1.82) is 0 Å². The van der Waals surface area contributed by atoms with Crippen LogP contribution in [0.2, 0.25) is 0 Å². The number of hydrogen-bond acceptors (Lipinski definition) is 5. The van der Waals surface area contributed by atoms with E-state index in [9.17, 15) is 9.59 Å². The highest BCUT2D eigenvalue weighted by molar-refractivity contribution is 6.05. The average Bonchev–Trinajstić information content (AvgIpc) is 2.70. The molecule has 0 unspecified atom stereocenters. The highest BCUT2D eigenvalue weighted by Gasteiger charge is 2.10. The quantitative estimate of drug-likeness (QED) is 0.643. The first-order chi connectivity index (χ1) is 13.5. The van der Waals surface area contributed by atoms with Gasteiger partial charge in [-0.3, -0.25) is 4.79 Å². The summed E-state index contributed by atoms with van der Waals surface area (Å²) in [5.41, 5.74) is 4.61. The third-order valence-electron chi connectivity index (χ3n) is 4.34. The second-order valence-electron chi connectivity index (χ2n) is 6.38. The van der Waals surface area contributed by atoms with Crippen molar-refractivity contribution in [1.82, 2.24) is 4.98 Å². The largest absolute Gasteiger partial charge is 0.465 e. The first-order valence-corrected chi connectivity index (χ1v) is 8.76. The van der Waals surface area contributed by atoms with Crippen LogP contribution in [-0.2, 0) is 4.74 Å². The molecule has 2 N–H and O–H groups in total. The van der Waals surface area contributed by atoms with E-state index in [1.54, 1.807) is 42.6 Å². The van der Waals surface area contributed by atoms with Crippen molar-refractivity contribution in [2.75, 3.05) is 17.7 Å². The maximum Gasteiger partial charge on any atom is 0.337 e. The zero-order valence-electron chi connectivity index (χ0n) is 15.9. The van der Waals surface area contributed by atoms with Crippen LogP contribution in [0.1, 0.15) is 31.8 Å². The number of aryl methyl sites for hydroxylation is 2. The van der Waals surface area contributed by atoms with Crippen molar-refractivity contribution < 1.29 is 14.3 Å². The van der Waals surface area contributed by atoms with Crippen LogP contribution < -0.4 is 10.6 Å². The average molecular weight is 375 g/mol. The Hall–Kier alpha value is -3.67. The van der Waals surface area contributed by atoms with E-state index in [0.717, 1.165) is 5.69 Å². The molecule has 2 aromatic carbocycles. The molecule has 3 rings (SSSR count). The fourth-order valence-corrected chi connectivity index (χ4v) is 2.65. The Bertz CT molecular complexity index is 1030. The zero-order chi connectivity index (χ0) is 20.1. The Kier molecular flexibility index (Phi) is 5.69. The number of aromatic nitrogens is 1. The molecule has 1 amide bonds. The minimum absolute atomic E-state index is 0.299. The van der Waals surface area contributed by atoms with Gasteiger partial charge in [0.15, 0.2) is 0 Å². The Morgan fingerprint density at radius 1 is 0.893 bits per heavy atom. The van der Waals surface area contributed by atoms with Crippen LogP contribution in [0.5, 0.6) is 0 Å². The third-order valence-corrected chi connectivity index (χ3v) is 4.34. The molecular formula is C22H21N3O3. The van der Waals surface area contributed by atoms with Gasteiger partial charge in [-0.2, -0.15) is 0 Å². The second-order valence-corrected chi connectivity index (χ2v) is 6.38. The maximum absolute atomic E-state index is 12.6. The normalized spacial score (nSPS) is 10.2. The monoisotopic (exact) mass is 375 g/mol. The fourth-order valence-electron chi connectivity index (χ4n) is 2.65. The number of carbonyl (C=O) groups excluding carboxylic acids is 2. The number of carbonyl (C=O) groups is 2. The molecule has 0 spiro atoms. The van der Waals surface area contributed by atoms with E-state index >= 15 is 0 Å². The van der Waals surface area contributed by atoms with Crippen molar-refractivity contribution in [2.24, 2.45) is 0 Å². The van der Waals surface area contributed by atoms with Gasteiger partial charge in [-0.05, 0) is 67.4 Å². The standard InChI is InChI=1S/C22H21N3O3/c1-14-7-8-19(11-15(14)2)24-20-13-16(9-10-23-20)21(26)25-18-6-4-5-17(12-18)22(27)28-3/h4-13H,1-3H3,(H,23,24)(H,25,26). The van der Waals surface area contributed by atoms with E-state index in [1.165, 1.54) is 18.2 Å². The van der Waals surface area contributed by atoms with E-state index in [0.29, 0.717) is 22.6 Å². The van der Waals surface area contributed by atoms with Gasteiger partial charge in [-0.15, -0.1) is 0 Å². The highest BCUT2D eigenvalue weighted by Crippen LogP contribution is 2.19. The van der Waals surface area contributed by atoms with Crippen LogP contribution in [0, 0.1) is 13.8 Å². The van der Waals surface area contributed by atoms with Gasteiger partial charge < -0.3 is 15.4 Å². The van der Waals surface area contributed by atoms with Gasteiger partial charge in [-0.25, -0.2) is 9.78 Å². The molecule has 0 aliphatic rings. The van der Waals surface area contributed by atoms with Gasteiger partial charge in [0.25, 0.3) is 5.91 Å². The summed E-state index contributed by atoms with van der Waals surface area (Å²) in [6.07, 6.45) is 1.57. The number of benzene rings is 2. The summed E-state index contributed by atoms with van der Waals surface area (Å²) < 4.78 is 4.70. The smallest absolute Gasteiger partial charge is 0.337 e. The van der Waals surface area contributed by atoms with Gasteiger partial charge in [-0.1, -0.05) is 12.1 Å². The molecule has 0 aliphatic heterocycles. The third kappa shape index (κ3) is 4.54. The predicted molar refractivity (Wildman–Crippen MR) is 109 cm³/mol. The molecule has 0 aliphatic carbocycles. The van der Waals surface area contributed by atoms with Gasteiger partial charge >= 0.3 is 5.97 Å². The lowest BCUT2D eigenvalue weighted by atomic mass is 10.1. The molecular weight excluding hydrogens is 354 g/mol. The number of methoxy groups -OCH3 is 1. The topological polar surface area (TPSA) is 80.3 Å². The van der Waals surface area contributed by atoms with Crippen LogP contribution in [-0.4, -0.2) is 24.0 Å². The number of pyridine rings is 1. The SMILES string of the molecule is COC(=O)c1cccc(NC(=O)c2ccnc(Nc3ccc(C)c(C)c3)c2)c1. The van der Waals surface area contributed by atoms with Gasteiger partial charge in [0, 0.05) is 23.1 Å².